The molecule has 0 aromatic rings. The summed E-state index contributed by atoms with van der Waals surface area (Å²) in [5, 5.41) is 9.47. The molecule has 96 valence electrons. The fourth-order valence-electron chi connectivity index (χ4n) is 2.58. The first-order chi connectivity index (χ1) is 7.50. The maximum atomic E-state index is 9.47. The zero-order valence-electron chi connectivity index (χ0n) is 10.8. The van der Waals surface area contributed by atoms with E-state index in [9.17, 15) is 5.11 Å². The van der Waals surface area contributed by atoms with Crippen LogP contribution in [0.5, 0.6) is 0 Å². The lowest BCUT2D eigenvalue weighted by molar-refractivity contribution is 0.0226. The molecule has 3 N–H and O–H groups in total. The number of nitrogens with two attached hydrogens (primary N) is 1. The first-order valence-corrected chi connectivity index (χ1v) is 6.09. The molecular weight excluding hydrogens is 204 g/mol. The Morgan fingerprint density at radius 2 is 2.19 bits per heavy atom. The summed E-state index contributed by atoms with van der Waals surface area (Å²) in [4.78, 5) is 2.31. The fraction of sp³-hybridized carbons (Fsp3) is 1.00. The normalized spacial score (nSPS) is 25.3. The average molecular weight is 230 g/mol. The summed E-state index contributed by atoms with van der Waals surface area (Å²) in [5.74, 6) is 0. The van der Waals surface area contributed by atoms with Gasteiger partial charge in [0.15, 0.2) is 0 Å². The van der Waals surface area contributed by atoms with Crippen LogP contribution in [-0.4, -0.2) is 55.5 Å². The number of aliphatic hydroxyl groups excluding tert-OH is 1. The Labute approximate surface area is 98.8 Å². The molecule has 0 amide bonds. The molecule has 1 rings (SSSR count). The molecule has 0 bridgehead atoms. The highest BCUT2D eigenvalue weighted by Gasteiger charge is 2.32. The van der Waals surface area contributed by atoms with Gasteiger partial charge in [0.05, 0.1) is 19.3 Å². The number of piperidine rings is 1. The molecule has 1 fully saturated rings. The quantitative estimate of drug-likeness (QED) is 0.719. The second kappa shape index (κ2) is 5.96. The number of aliphatic hydroxyl groups is 1. The van der Waals surface area contributed by atoms with E-state index in [2.05, 4.69) is 18.7 Å². The van der Waals surface area contributed by atoms with Gasteiger partial charge < -0.3 is 15.6 Å². The molecule has 0 aliphatic carbocycles. The molecule has 1 aliphatic rings. The van der Waals surface area contributed by atoms with E-state index in [0.717, 1.165) is 13.1 Å². The van der Waals surface area contributed by atoms with Crippen LogP contribution in [0.2, 0.25) is 0 Å². The predicted octanol–water partition coefficient (Wildman–Crippen LogP) is 0.443. The van der Waals surface area contributed by atoms with Gasteiger partial charge in [-0.25, -0.2) is 0 Å². The van der Waals surface area contributed by atoms with Gasteiger partial charge in [-0.15, -0.1) is 0 Å². The number of hydrogen-bond acceptors (Lipinski definition) is 4. The van der Waals surface area contributed by atoms with E-state index in [0.29, 0.717) is 12.0 Å². The molecule has 1 saturated heterocycles. The number of ether oxygens (including phenoxy) is 1. The average Bonchev–Trinajstić information content (AvgIpc) is 2.17. The lowest BCUT2D eigenvalue weighted by Gasteiger charge is -2.43. The van der Waals surface area contributed by atoms with Gasteiger partial charge in [-0.2, -0.15) is 0 Å². The summed E-state index contributed by atoms with van der Waals surface area (Å²) >= 11 is 0. The second-order valence-corrected chi connectivity index (χ2v) is 5.61. The molecule has 4 nitrogen and oxygen atoms in total. The van der Waals surface area contributed by atoms with Crippen LogP contribution in [0.1, 0.15) is 26.7 Å². The Bertz CT molecular complexity index is 209. The van der Waals surface area contributed by atoms with Crippen LogP contribution in [0.4, 0.5) is 0 Å². The van der Waals surface area contributed by atoms with Gasteiger partial charge in [-0.1, -0.05) is 13.8 Å². The number of nitrogens with zero attached hydrogens (tertiary/aromatic N) is 1. The third kappa shape index (κ3) is 3.70. The van der Waals surface area contributed by atoms with Crippen molar-refractivity contribution in [3.05, 3.63) is 0 Å². The first kappa shape index (κ1) is 13.9. The van der Waals surface area contributed by atoms with Gasteiger partial charge >= 0.3 is 0 Å². The Balaban J connectivity index is 2.58. The highest BCUT2D eigenvalue weighted by Crippen LogP contribution is 2.29. The highest BCUT2D eigenvalue weighted by atomic mass is 16.5. The number of likely N-dealkylation sites (tertiary alicyclic amines) is 1. The Kier molecular flexibility index (Phi) is 5.18. The molecule has 0 spiro atoms. The van der Waals surface area contributed by atoms with Crippen molar-refractivity contribution in [3.8, 4) is 0 Å². The van der Waals surface area contributed by atoms with Crippen LogP contribution in [0, 0.1) is 5.41 Å². The summed E-state index contributed by atoms with van der Waals surface area (Å²) in [6, 6.07) is -0.0802. The zero-order chi connectivity index (χ0) is 12.2. The minimum absolute atomic E-state index is 0.0273. The van der Waals surface area contributed by atoms with Crippen LogP contribution >= 0.6 is 0 Å². The fourth-order valence-corrected chi connectivity index (χ4v) is 2.58. The molecule has 0 aromatic carbocycles. The lowest BCUT2D eigenvalue weighted by atomic mass is 9.83. The number of hydrogen-bond donors (Lipinski definition) is 2. The van der Waals surface area contributed by atoms with Gasteiger partial charge in [0.25, 0.3) is 0 Å². The second-order valence-electron chi connectivity index (χ2n) is 5.61. The Morgan fingerprint density at radius 1 is 1.50 bits per heavy atom. The molecular formula is C12H26N2O2. The van der Waals surface area contributed by atoms with Crippen LogP contribution in [0.3, 0.4) is 0 Å². The molecule has 2 unspecified atom stereocenters. The first-order valence-electron chi connectivity index (χ1n) is 6.09. The minimum atomic E-state index is -0.108. The van der Waals surface area contributed by atoms with Crippen LogP contribution in [-0.2, 0) is 4.74 Å². The van der Waals surface area contributed by atoms with Gasteiger partial charge in [-0.05, 0) is 24.8 Å². The molecule has 0 radical (unpaired) electrons. The van der Waals surface area contributed by atoms with Gasteiger partial charge in [0.2, 0.25) is 0 Å². The summed E-state index contributed by atoms with van der Waals surface area (Å²) in [6.07, 6.45) is 2.43. The van der Waals surface area contributed by atoms with E-state index in [1.807, 2.05) is 0 Å². The van der Waals surface area contributed by atoms with Crippen LogP contribution in [0.25, 0.3) is 0 Å². The van der Waals surface area contributed by atoms with Crippen molar-refractivity contribution in [2.75, 3.05) is 33.4 Å². The van der Waals surface area contributed by atoms with Crippen molar-refractivity contribution < 1.29 is 9.84 Å². The summed E-state index contributed by atoms with van der Waals surface area (Å²) < 4.78 is 5.07. The third-order valence-corrected chi connectivity index (χ3v) is 3.44. The Hall–Kier alpha value is -0.160. The molecule has 16 heavy (non-hydrogen) atoms. The van der Waals surface area contributed by atoms with Crippen molar-refractivity contribution in [2.45, 2.75) is 38.8 Å². The van der Waals surface area contributed by atoms with E-state index >= 15 is 0 Å². The van der Waals surface area contributed by atoms with E-state index in [1.165, 1.54) is 12.8 Å². The van der Waals surface area contributed by atoms with Gasteiger partial charge in [0.1, 0.15) is 0 Å². The zero-order valence-corrected chi connectivity index (χ0v) is 10.8. The van der Waals surface area contributed by atoms with Crippen molar-refractivity contribution >= 4 is 0 Å². The largest absolute Gasteiger partial charge is 0.395 e. The molecule has 4 heteroatoms. The molecule has 0 aromatic heterocycles. The van der Waals surface area contributed by atoms with Crippen molar-refractivity contribution in [1.82, 2.24) is 4.90 Å². The standard InChI is InChI=1S/C12H26N2O2/c1-12(2)5-4-6-14(9-12)11(7-15)10(13)8-16-3/h10-11,15H,4-9,13H2,1-3H3. The van der Waals surface area contributed by atoms with E-state index in [1.54, 1.807) is 7.11 Å². The monoisotopic (exact) mass is 230 g/mol. The molecule has 1 aliphatic heterocycles. The predicted molar refractivity (Wildman–Crippen MR) is 65.3 cm³/mol. The highest BCUT2D eigenvalue weighted by molar-refractivity contribution is 4.88. The SMILES string of the molecule is COCC(N)C(CO)N1CCCC(C)(C)C1. The van der Waals surface area contributed by atoms with Gasteiger partial charge in [-0.3, -0.25) is 4.90 Å². The molecule has 0 saturated carbocycles. The number of methoxy groups -OCH3 is 1. The van der Waals surface area contributed by atoms with E-state index in [-0.39, 0.29) is 18.7 Å². The molecule has 1 heterocycles. The van der Waals surface area contributed by atoms with Crippen molar-refractivity contribution in [2.24, 2.45) is 11.1 Å². The third-order valence-electron chi connectivity index (χ3n) is 3.44. The number of rotatable bonds is 5. The maximum absolute atomic E-state index is 9.47. The summed E-state index contributed by atoms with van der Waals surface area (Å²) in [5.41, 5.74) is 6.36. The van der Waals surface area contributed by atoms with Crippen molar-refractivity contribution in [1.29, 1.82) is 0 Å². The minimum Gasteiger partial charge on any atom is -0.395 e. The lowest BCUT2D eigenvalue weighted by Crippen LogP contribution is -2.56. The van der Waals surface area contributed by atoms with Gasteiger partial charge in [0, 0.05) is 19.7 Å². The van der Waals surface area contributed by atoms with Crippen molar-refractivity contribution in [3.63, 3.8) is 0 Å². The molecule has 2 atom stereocenters. The summed E-state index contributed by atoms with van der Waals surface area (Å²) in [6.45, 7) is 7.20. The smallest absolute Gasteiger partial charge is 0.0629 e. The topological polar surface area (TPSA) is 58.7 Å². The van der Waals surface area contributed by atoms with E-state index in [4.69, 9.17) is 10.5 Å². The van der Waals surface area contributed by atoms with E-state index < -0.39 is 0 Å². The summed E-state index contributed by atoms with van der Waals surface area (Å²) in [7, 11) is 1.65. The van der Waals surface area contributed by atoms with Crippen LogP contribution < -0.4 is 5.73 Å². The Morgan fingerprint density at radius 3 is 2.69 bits per heavy atom. The van der Waals surface area contributed by atoms with Crippen LogP contribution in [0.15, 0.2) is 0 Å². The maximum Gasteiger partial charge on any atom is 0.0629 e.